The van der Waals surface area contributed by atoms with E-state index in [2.05, 4.69) is 19.2 Å². The molecule has 0 aromatic heterocycles. The van der Waals surface area contributed by atoms with Gasteiger partial charge in [0, 0.05) is 23.7 Å². The predicted molar refractivity (Wildman–Crippen MR) is 149 cm³/mol. The van der Waals surface area contributed by atoms with Crippen LogP contribution in [0.4, 0.5) is 13.2 Å². The second-order valence-corrected chi connectivity index (χ2v) is 11.4. The first kappa shape index (κ1) is 30.3. The summed E-state index contributed by atoms with van der Waals surface area (Å²) in [7, 11) is 0. The Morgan fingerprint density at radius 2 is 1.76 bits per heavy atom. The summed E-state index contributed by atoms with van der Waals surface area (Å²) in [6, 6.07) is 11.4. The van der Waals surface area contributed by atoms with Gasteiger partial charge in [0.2, 0.25) is 0 Å². The predicted octanol–water partition coefficient (Wildman–Crippen LogP) is 5.71. The number of hydrogen-bond donors (Lipinski definition) is 2. The molecule has 7 nitrogen and oxygen atoms in total. The first-order valence-corrected chi connectivity index (χ1v) is 14.0. The number of carbonyl (C=O) groups excluding carboxylic acids is 2. The summed E-state index contributed by atoms with van der Waals surface area (Å²) in [5.74, 6) is -0.756. The molecule has 220 valence electrons. The molecule has 1 fully saturated rings. The molecule has 2 aromatic rings. The summed E-state index contributed by atoms with van der Waals surface area (Å²) >= 11 is 0. The molecule has 1 saturated carbocycles. The molecular weight excluding hydrogens is 535 g/mol. The number of carboxylic acid groups (broad SMARTS) is 1. The summed E-state index contributed by atoms with van der Waals surface area (Å²) in [4.78, 5) is 43.5. The van der Waals surface area contributed by atoms with E-state index in [1.165, 1.54) is 12.1 Å². The highest BCUT2D eigenvalue weighted by Crippen LogP contribution is 2.45. The zero-order valence-electron chi connectivity index (χ0n) is 23.5. The van der Waals surface area contributed by atoms with Gasteiger partial charge in [0.1, 0.15) is 11.4 Å². The van der Waals surface area contributed by atoms with Crippen molar-refractivity contribution in [1.82, 2.24) is 10.2 Å². The van der Waals surface area contributed by atoms with Crippen LogP contribution in [0.1, 0.15) is 79.9 Å². The summed E-state index contributed by atoms with van der Waals surface area (Å²) < 4.78 is 40.4. The van der Waals surface area contributed by atoms with Gasteiger partial charge in [0.15, 0.2) is 0 Å². The monoisotopic (exact) mass is 571 g/mol. The third kappa shape index (κ3) is 6.80. The average molecular weight is 572 g/mol. The number of amides is 2. The van der Waals surface area contributed by atoms with Gasteiger partial charge in [-0.15, -0.1) is 0 Å². The fourth-order valence-electron chi connectivity index (χ4n) is 5.99. The van der Waals surface area contributed by atoms with Crippen LogP contribution >= 0.6 is 0 Å². The highest BCUT2D eigenvalue weighted by molar-refractivity contribution is 6.46. The van der Waals surface area contributed by atoms with Crippen LogP contribution in [0.15, 0.2) is 53.5 Å². The minimum Gasteiger partial charge on any atom is -0.481 e. The Kier molecular flexibility index (Phi) is 8.89. The Hall–Kier alpha value is -3.69. The van der Waals surface area contributed by atoms with Gasteiger partial charge in [-0.1, -0.05) is 38.1 Å². The Morgan fingerprint density at radius 1 is 1.10 bits per heavy atom. The Balaban J connectivity index is 1.57. The van der Waals surface area contributed by atoms with Gasteiger partial charge in [0.25, 0.3) is 11.8 Å². The number of alkyl halides is 3. The van der Waals surface area contributed by atoms with Crippen molar-refractivity contribution >= 4 is 23.5 Å². The van der Waals surface area contributed by atoms with Gasteiger partial charge in [-0.2, -0.15) is 13.2 Å². The second kappa shape index (κ2) is 12.0. The quantitative estimate of drug-likeness (QED) is 0.403. The van der Waals surface area contributed by atoms with Gasteiger partial charge in [0.05, 0.1) is 12.0 Å². The lowest BCUT2D eigenvalue weighted by molar-refractivity contribution is -0.138. The van der Waals surface area contributed by atoms with Gasteiger partial charge < -0.3 is 15.3 Å². The smallest absolute Gasteiger partial charge is 0.416 e. The van der Waals surface area contributed by atoms with Gasteiger partial charge in [-0.3, -0.25) is 19.4 Å². The largest absolute Gasteiger partial charge is 0.481 e. The molecule has 2 aromatic carbocycles. The molecule has 41 heavy (non-hydrogen) atoms. The van der Waals surface area contributed by atoms with Gasteiger partial charge >= 0.3 is 12.1 Å². The maximum Gasteiger partial charge on any atom is 0.416 e. The second-order valence-electron chi connectivity index (χ2n) is 11.4. The summed E-state index contributed by atoms with van der Waals surface area (Å²) in [5.41, 5.74) is -0.118. The van der Waals surface area contributed by atoms with Crippen LogP contribution in [-0.4, -0.2) is 51.8 Å². The van der Waals surface area contributed by atoms with Crippen molar-refractivity contribution in [3.05, 3.63) is 70.8 Å². The van der Waals surface area contributed by atoms with Crippen molar-refractivity contribution in [2.24, 2.45) is 16.8 Å². The molecule has 10 heteroatoms. The van der Waals surface area contributed by atoms with E-state index in [9.17, 15) is 27.6 Å². The molecule has 1 atom stereocenters. The molecule has 2 aliphatic rings. The number of aliphatic imine (C=N–C) groups is 1. The van der Waals surface area contributed by atoms with E-state index in [1.807, 2.05) is 6.92 Å². The topological polar surface area (TPSA) is 99.1 Å². The van der Waals surface area contributed by atoms with Crippen molar-refractivity contribution in [1.29, 1.82) is 0 Å². The van der Waals surface area contributed by atoms with Crippen molar-refractivity contribution in [3.63, 3.8) is 0 Å². The van der Waals surface area contributed by atoms with Crippen LogP contribution in [-0.2, 0) is 22.2 Å². The molecule has 1 heterocycles. The molecule has 2 N–H and O–H groups in total. The number of hydrogen-bond acceptors (Lipinski definition) is 4. The highest BCUT2D eigenvalue weighted by atomic mass is 19.4. The number of benzene rings is 2. The van der Waals surface area contributed by atoms with E-state index in [1.54, 1.807) is 29.2 Å². The van der Waals surface area contributed by atoms with E-state index < -0.39 is 23.4 Å². The van der Waals surface area contributed by atoms with Crippen molar-refractivity contribution in [2.75, 3.05) is 6.54 Å². The SMILES string of the molecule is CC(C)C1CCC2(CC1)N=C(c1cccc(C(F)(F)F)c1)C(=O)N2C(C)Cc1ccc(C(=O)NCCC(=O)O)cc1. The lowest BCUT2D eigenvalue weighted by Gasteiger charge is -2.45. The molecule has 0 bridgehead atoms. The number of nitrogens with zero attached hydrogens (tertiary/aromatic N) is 2. The van der Waals surface area contributed by atoms with Crippen LogP contribution in [0.5, 0.6) is 0 Å². The third-order valence-electron chi connectivity index (χ3n) is 8.24. The molecule has 0 saturated heterocycles. The molecule has 1 aliphatic carbocycles. The van der Waals surface area contributed by atoms with Crippen molar-refractivity contribution in [2.45, 2.75) is 77.2 Å². The average Bonchev–Trinajstić information content (AvgIpc) is 3.19. The normalized spacial score (nSPS) is 21.7. The Bertz CT molecular complexity index is 1310. The van der Waals surface area contributed by atoms with E-state index in [0.717, 1.165) is 30.5 Å². The standard InChI is InChI=1S/C31H36F3N3O4/c1-19(2)22-11-14-30(15-12-22)36-27(24-5-4-6-25(18-24)31(32,33)34)29(41)37(30)20(3)17-21-7-9-23(10-8-21)28(40)35-16-13-26(38)39/h4-10,18-20,22H,11-17H2,1-3H3,(H,35,40)(H,38,39). The number of carboxylic acids is 1. The Labute approximate surface area is 237 Å². The van der Waals surface area contributed by atoms with E-state index in [4.69, 9.17) is 10.1 Å². The number of halogens is 3. The van der Waals surface area contributed by atoms with Crippen LogP contribution in [0.25, 0.3) is 0 Å². The Morgan fingerprint density at radius 3 is 2.34 bits per heavy atom. The molecule has 2 amide bonds. The molecule has 1 spiro atoms. The molecule has 1 unspecified atom stereocenters. The minimum absolute atomic E-state index is 0.0258. The number of rotatable bonds is 9. The maximum atomic E-state index is 13.9. The number of aliphatic carboxylic acids is 1. The summed E-state index contributed by atoms with van der Waals surface area (Å²) in [6.07, 6.45) is -1.20. The fourth-order valence-corrected chi connectivity index (χ4v) is 5.99. The molecular formula is C31H36F3N3O4. The van der Waals surface area contributed by atoms with Crippen LogP contribution in [0.3, 0.4) is 0 Å². The molecule has 0 radical (unpaired) electrons. The van der Waals surface area contributed by atoms with Crippen LogP contribution in [0.2, 0.25) is 0 Å². The van der Waals surface area contributed by atoms with Gasteiger partial charge in [-0.05, 0) is 80.7 Å². The van der Waals surface area contributed by atoms with Gasteiger partial charge in [-0.25, -0.2) is 0 Å². The molecule has 4 rings (SSSR count). The lowest BCUT2D eigenvalue weighted by Crippen LogP contribution is -2.54. The summed E-state index contributed by atoms with van der Waals surface area (Å²) in [5, 5.41) is 11.3. The van der Waals surface area contributed by atoms with E-state index in [0.29, 0.717) is 36.7 Å². The zero-order valence-corrected chi connectivity index (χ0v) is 23.5. The first-order valence-electron chi connectivity index (χ1n) is 14.0. The van der Waals surface area contributed by atoms with E-state index >= 15 is 0 Å². The zero-order chi connectivity index (χ0) is 29.9. The summed E-state index contributed by atoms with van der Waals surface area (Å²) in [6.45, 7) is 6.30. The fraction of sp³-hybridized carbons (Fsp3) is 0.484. The van der Waals surface area contributed by atoms with Crippen molar-refractivity contribution in [3.8, 4) is 0 Å². The highest BCUT2D eigenvalue weighted by Gasteiger charge is 2.51. The van der Waals surface area contributed by atoms with Crippen LogP contribution < -0.4 is 5.32 Å². The first-order chi connectivity index (χ1) is 19.3. The van der Waals surface area contributed by atoms with E-state index in [-0.39, 0.29) is 42.1 Å². The number of nitrogens with one attached hydrogen (secondary N) is 1. The third-order valence-corrected chi connectivity index (χ3v) is 8.24. The van der Waals surface area contributed by atoms with Crippen LogP contribution in [0, 0.1) is 11.8 Å². The maximum absolute atomic E-state index is 13.9. The number of carbonyl (C=O) groups is 3. The lowest BCUT2D eigenvalue weighted by atomic mass is 9.76. The van der Waals surface area contributed by atoms with Crippen molar-refractivity contribution < 1.29 is 32.7 Å². The minimum atomic E-state index is -4.53. The molecule has 1 aliphatic heterocycles.